The fraction of sp³-hybridized carbons (Fsp3) is 0.458. The van der Waals surface area contributed by atoms with Gasteiger partial charge in [0.15, 0.2) is 0 Å². The lowest BCUT2D eigenvalue weighted by Crippen LogP contribution is -2.30. The Kier molecular flexibility index (Phi) is 10.8. The number of likely N-dealkylation sites (tertiary alicyclic amines) is 1. The van der Waals surface area contributed by atoms with Crippen molar-refractivity contribution in [3.8, 4) is 0 Å². The molecule has 3 rings (SSSR count). The summed E-state index contributed by atoms with van der Waals surface area (Å²) in [7, 11) is 0. The predicted octanol–water partition coefficient (Wildman–Crippen LogP) is 3.10. The van der Waals surface area contributed by atoms with Crippen LogP contribution in [0.1, 0.15) is 51.0 Å². The first-order valence-electron chi connectivity index (χ1n) is 11.0. The third-order valence-electron chi connectivity index (χ3n) is 5.27. The fourth-order valence-corrected chi connectivity index (χ4v) is 3.51. The van der Waals surface area contributed by atoms with Crippen LogP contribution in [0.5, 0.6) is 0 Å². The number of benzene rings is 1. The minimum atomic E-state index is 0.0294. The number of hydrogen-bond acceptors (Lipinski definition) is 5. The lowest BCUT2D eigenvalue weighted by Gasteiger charge is -2.14. The van der Waals surface area contributed by atoms with Gasteiger partial charge in [-0.15, -0.1) is 0 Å². The van der Waals surface area contributed by atoms with E-state index >= 15 is 0 Å². The molecule has 0 radical (unpaired) electrons. The van der Waals surface area contributed by atoms with Crippen LogP contribution in [0.2, 0.25) is 0 Å². The minimum absolute atomic E-state index is 0.0294. The summed E-state index contributed by atoms with van der Waals surface area (Å²) < 4.78 is 0. The third kappa shape index (κ3) is 8.43. The summed E-state index contributed by atoms with van der Waals surface area (Å²) in [4.78, 5) is 13.6. The first kappa shape index (κ1) is 23.7. The van der Waals surface area contributed by atoms with E-state index < -0.39 is 0 Å². The van der Waals surface area contributed by atoms with Crippen molar-refractivity contribution in [2.24, 2.45) is 11.6 Å². The molecule has 1 aromatic carbocycles. The standard InChI is InChI=1S/C13H22N4O.C11H15N/c1-2-12(18)16-9-8-11(17-15)13(14)10-6-4-3-5-7-10;1-2-6-11(7-3-1)10-12-8-4-5-9-12/h4,6-7,17H,2-3,5,8-9,14-15H2,1H3,(H,16,18);1-3,6-7H,4-5,8-10H2/b13-11-;. The fourth-order valence-electron chi connectivity index (χ4n) is 3.51. The average molecular weight is 412 g/mol. The monoisotopic (exact) mass is 411 g/mol. The average Bonchev–Trinajstić information content (AvgIpc) is 3.31. The molecule has 164 valence electrons. The molecular formula is C24H37N5O. The van der Waals surface area contributed by atoms with Gasteiger partial charge < -0.3 is 16.5 Å². The van der Waals surface area contributed by atoms with Gasteiger partial charge in [0.2, 0.25) is 5.91 Å². The minimum Gasteiger partial charge on any atom is -0.397 e. The summed E-state index contributed by atoms with van der Waals surface area (Å²) >= 11 is 0. The SMILES string of the molecule is CCC(=O)NCC/C(NN)=C(/N)C1=CCCC=C1.c1ccc(CN2CCCC2)cc1. The number of carbonyl (C=O) groups is 1. The van der Waals surface area contributed by atoms with Gasteiger partial charge in [-0.1, -0.05) is 55.5 Å². The Hall–Kier alpha value is -2.57. The van der Waals surface area contributed by atoms with Gasteiger partial charge >= 0.3 is 0 Å². The van der Waals surface area contributed by atoms with E-state index in [4.69, 9.17) is 11.6 Å². The van der Waals surface area contributed by atoms with E-state index in [0.717, 1.165) is 30.7 Å². The van der Waals surface area contributed by atoms with Crippen molar-refractivity contribution in [2.45, 2.75) is 52.0 Å². The van der Waals surface area contributed by atoms with Crippen LogP contribution in [0.3, 0.4) is 0 Å². The van der Waals surface area contributed by atoms with E-state index in [0.29, 0.717) is 25.1 Å². The highest BCUT2D eigenvalue weighted by Gasteiger charge is 2.11. The molecule has 6 N–H and O–H groups in total. The first-order chi connectivity index (χ1) is 14.6. The van der Waals surface area contributed by atoms with Crippen molar-refractivity contribution < 1.29 is 4.79 Å². The predicted molar refractivity (Wildman–Crippen MR) is 124 cm³/mol. The van der Waals surface area contributed by atoms with Crippen LogP contribution in [-0.2, 0) is 11.3 Å². The Morgan fingerprint density at radius 2 is 1.87 bits per heavy atom. The second-order valence-electron chi connectivity index (χ2n) is 7.60. The first-order valence-corrected chi connectivity index (χ1v) is 11.0. The van der Waals surface area contributed by atoms with Crippen molar-refractivity contribution >= 4 is 5.91 Å². The zero-order valence-corrected chi connectivity index (χ0v) is 18.2. The van der Waals surface area contributed by atoms with E-state index in [-0.39, 0.29) is 5.91 Å². The summed E-state index contributed by atoms with van der Waals surface area (Å²) in [5, 5.41) is 2.79. The third-order valence-corrected chi connectivity index (χ3v) is 5.27. The van der Waals surface area contributed by atoms with E-state index in [1.807, 2.05) is 13.0 Å². The van der Waals surface area contributed by atoms with Gasteiger partial charge in [0, 0.05) is 25.9 Å². The Morgan fingerprint density at radius 1 is 1.13 bits per heavy atom. The molecule has 6 nitrogen and oxygen atoms in total. The van der Waals surface area contributed by atoms with Gasteiger partial charge in [0.25, 0.3) is 0 Å². The quantitative estimate of drug-likeness (QED) is 0.389. The summed E-state index contributed by atoms with van der Waals surface area (Å²) in [5.74, 6) is 5.51. The maximum atomic E-state index is 11.1. The molecule has 1 aromatic rings. The van der Waals surface area contributed by atoms with Gasteiger partial charge in [0.1, 0.15) is 0 Å². The maximum Gasteiger partial charge on any atom is 0.219 e. The summed E-state index contributed by atoms with van der Waals surface area (Å²) in [6, 6.07) is 10.7. The van der Waals surface area contributed by atoms with Crippen LogP contribution in [0.4, 0.5) is 0 Å². The number of allylic oxidation sites excluding steroid dienone is 3. The van der Waals surface area contributed by atoms with E-state index in [2.05, 4.69) is 58.1 Å². The normalized spacial score (nSPS) is 16.8. The van der Waals surface area contributed by atoms with E-state index in [1.165, 1.54) is 31.5 Å². The molecule has 30 heavy (non-hydrogen) atoms. The smallest absolute Gasteiger partial charge is 0.219 e. The molecule has 1 fully saturated rings. The molecule has 0 bridgehead atoms. The van der Waals surface area contributed by atoms with Gasteiger partial charge in [-0.25, -0.2) is 0 Å². The second-order valence-corrected chi connectivity index (χ2v) is 7.60. The molecule has 1 heterocycles. The Morgan fingerprint density at radius 3 is 2.47 bits per heavy atom. The maximum absolute atomic E-state index is 11.1. The molecule has 1 saturated heterocycles. The number of hydrazine groups is 1. The van der Waals surface area contributed by atoms with E-state index in [9.17, 15) is 4.79 Å². The van der Waals surface area contributed by atoms with Crippen molar-refractivity contribution in [3.05, 3.63) is 71.1 Å². The van der Waals surface area contributed by atoms with Crippen LogP contribution in [0.15, 0.2) is 65.5 Å². The van der Waals surface area contributed by atoms with Gasteiger partial charge in [0.05, 0.1) is 11.4 Å². The van der Waals surface area contributed by atoms with Gasteiger partial charge in [-0.2, -0.15) is 0 Å². The molecule has 6 heteroatoms. The van der Waals surface area contributed by atoms with E-state index in [1.54, 1.807) is 0 Å². The van der Waals surface area contributed by atoms with Crippen LogP contribution < -0.4 is 22.3 Å². The molecule has 1 aliphatic carbocycles. The molecule has 1 aliphatic heterocycles. The van der Waals surface area contributed by atoms with Crippen molar-refractivity contribution in [1.82, 2.24) is 15.6 Å². The number of rotatable bonds is 8. The molecular weight excluding hydrogens is 374 g/mol. The molecule has 0 saturated carbocycles. The highest BCUT2D eigenvalue weighted by Crippen LogP contribution is 2.17. The van der Waals surface area contributed by atoms with Gasteiger partial charge in [-0.3, -0.25) is 15.5 Å². The highest BCUT2D eigenvalue weighted by molar-refractivity contribution is 5.75. The number of nitrogens with one attached hydrogen (secondary N) is 2. The zero-order chi connectivity index (χ0) is 21.6. The summed E-state index contributed by atoms with van der Waals surface area (Å²) in [6.45, 7) is 6.06. The largest absolute Gasteiger partial charge is 0.397 e. The number of nitrogens with two attached hydrogens (primary N) is 2. The number of hydrogen-bond donors (Lipinski definition) is 4. The lowest BCUT2D eigenvalue weighted by molar-refractivity contribution is -0.120. The number of nitrogens with zero attached hydrogens (tertiary/aromatic N) is 1. The van der Waals surface area contributed by atoms with Crippen LogP contribution in [0, 0.1) is 0 Å². The molecule has 0 atom stereocenters. The molecule has 1 amide bonds. The van der Waals surface area contributed by atoms with Crippen molar-refractivity contribution in [1.29, 1.82) is 0 Å². The van der Waals surface area contributed by atoms with Crippen molar-refractivity contribution in [2.75, 3.05) is 19.6 Å². The molecule has 2 aliphatic rings. The Bertz CT molecular complexity index is 733. The van der Waals surface area contributed by atoms with Gasteiger partial charge in [-0.05, 0) is 49.9 Å². The number of amides is 1. The summed E-state index contributed by atoms with van der Waals surface area (Å²) in [6.07, 6.45) is 12.1. The lowest BCUT2D eigenvalue weighted by atomic mass is 10.0. The highest BCUT2D eigenvalue weighted by atomic mass is 16.1. The molecule has 0 spiro atoms. The Labute approximate surface area is 181 Å². The second kappa shape index (κ2) is 13.6. The van der Waals surface area contributed by atoms with Crippen LogP contribution in [0.25, 0.3) is 0 Å². The van der Waals surface area contributed by atoms with Crippen molar-refractivity contribution in [3.63, 3.8) is 0 Å². The Balaban J connectivity index is 0.000000230. The topological polar surface area (TPSA) is 96.4 Å². The number of carbonyl (C=O) groups excluding carboxylic acids is 1. The summed E-state index contributed by atoms with van der Waals surface area (Å²) in [5.41, 5.74) is 12.5. The molecule has 0 aromatic heterocycles. The zero-order valence-electron chi connectivity index (χ0n) is 18.2. The van der Waals surface area contributed by atoms with Crippen LogP contribution in [-0.4, -0.2) is 30.4 Å². The molecule has 0 unspecified atom stereocenters. The van der Waals surface area contributed by atoms with Crippen LogP contribution >= 0.6 is 0 Å².